The summed E-state index contributed by atoms with van der Waals surface area (Å²) in [7, 11) is 0. The van der Waals surface area contributed by atoms with Crippen LogP contribution in [0.4, 0.5) is 5.69 Å². The Kier molecular flexibility index (Phi) is 5.30. The lowest BCUT2D eigenvalue weighted by atomic mass is 10.3. The van der Waals surface area contributed by atoms with E-state index in [4.69, 9.17) is 16.3 Å². The normalized spacial score (nSPS) is 10.6. The van der Waals surface area contributed by atoms with Crippen molar-refractivity contribution in [2.24, 2.45) is 0 Å². The fourth-order valence-corrected chi connectivity index (χ4v) is 2.15. The second-order valence-corrected chi connectivity index (χ2v) is 4.93. The SMILES string of the molecule is CCCOc1ccc(NCc2cncn2CC)cc1Cl. The van der Waals surface area contributed by atoms with Crippen molar-refractivity contribution in [2.45, 2.75) is 33.4 Å². The van der Waals surface area contributed by atoms with E-state index in [1.54, 1.807) is 0 Å². The van der Waals surface area contributed by atoms with Crippen LogP contribution in [0.15, 0.2) is 30.7 Å². The molecule has 0 aliphatic carbocycles. The Morgan fingerprint density at radius 2 is 2.20 bits per heavy atom. The Bertz CT molecular complexity index is 554. The summed E-state index contributed by atoms with van der Waals surface area (Å²) >= 11 is 6.20. The molecule has 1 heterocycles. The molecule has 5 heteroatoms. The second kappa shape index (κ2) is 7.20. The first-order chi connectivity index (χ1) is 9.74. The first-order valence-electron chi connectivity index (χ1n) is 6.89. The molecule has 1 N–H and O–H groups in total. The molecule has 0 fully saturated rings. The number of anilines is 1. The smallest absolute Gasteiger partial charge is 0.138 e. The van der Waals surface area contributed by atoms with Crippen molar-refractivity contribution in [3.05, 3.63) is 41.4 Å². The molecule has 0 bridgehead atoms. The van der Waals surface area contributed by atoms with Crippen molar-refractivity contribution in [1.82, 2.24) is 9.55 Å². The van der Waals surface area contributed by atoms with E-state index >= 15 is 0 Å². The molecule has 108 valence electrons. The molecule has 0 unspecified atom stereocenters. The summed E-state index contributed by atoms with van der Waals surface area (Å²) in [6, 6.07) is 5.76. The third-order valence-corrected chi connectivity index (χ3v) is 3.30. The van der Waals surface area contributed by atoms with Gasteiger partial charge in [0.1, 0.15) is 5.75 Å². The van der Waals surface area contributed by atoms with Gasteiger partial charge in [0, 0.05) is 18.4 Å². The van der Waals surface area contributed by atoms with E-state index in [-0.39, 0.29) is 0 Å². The number of imidazole rings is 1. The quantitative estimate of drug-likeness (QED) is 0.840. The maximum atomic E-state index is 6.20. The number of rotatable bonds is 7. The topological polar surface area (TPSA) is 39.1 Å². The number of halogens is 1. The molecule has 2 rings (SSSR count). The van der Waals surface area contributed by atoms with Crippen LogP contribution in [-0.2, 0) is 13.1 Å². The molecule has 20 heavy (non-hydrogen) atoms. The van der Waals surface area contributed by atoms with Crippen molar-refractivity contribution in [3.8, 4) is 5.75 Å². The fourth-order valence-electron chi connectivity index (χ4n) is 1.91. The first-order valence-corrected chi connectivity index (χ1v) is 7.27. The largest absolute Gasteiger partial charge is 0.492 e. The minimum absolute atomic E-state index is 0.632. The summed E-state index contributed by atoms with van der Waals surface area (Å²) in [5, 5.41) is 3.98. The van der Waals surface area contributed by atoms with Crippen LogP contribution in [0, 0.1) is 0 Å². The van der Waals surface area contributed by atoms with Gasteiger partial charge in [0.2, 0.25) is 0 Å². The van der Waals surface area contributed by atoms with Crippen LogP contribution in [0.1, 0.15) is 26.0 Å². The van der Waals surface area contributed by atoms with E-state index in [0.717, 1.165) is 36.6 Å². The van der Waals surface area contributed by atoms with Crippen molar-refractivity contribution >= 4 is 17.3 Å². The van der Waals surface area contributed by atoms with E-state index in [0.29, 0.717) is 11.6 Å². The summed E-state index contributed by atoms with van der Waals surface area (Å²) in [6.07, 6.45) is 4.68. The van der Waals surface area contributed by atoms with Gasteiger partial charge < -0.3 is 14.6 Å². The summed E-state index contributed by atoms with van der Waals surface area (Å²) < 4.78 is 7.66. The van der Waals surface area contributed by atoms with Crippen LogP contribution < -0.4 is 10.1 Å². The summed E-state index contributed by atoms with van der Waals surface area (Å²) in [6.45, 7) is 6.49. The molecule has 4 nitrogen and oxygen atoms in total. The van der Waals surface area contributed by atoms with Crippen LogP contribution in [0.5, 0.6) is 5.75 Å². The molecule has 0 aliphatic heterocycles. The van der Waals surface area contributed by atoms with Gasteiger partial charge in [-0.2, -0.15) is 0 Å². The van der Waals surface area contributed by atoms with Crippen molar-refractivity contribution < 1.29 is 4.74 Å². The maximum absolute atomic E-state index is 6.20. The number of hydrogen-bond acceptors (Lipinski definition) is 3. The summed E-state index contributed by atoms with van der Waals surface area (Å²) in [5.41, 5.74) is 2.12. The highest BCUT2D eigenvalue weighted by Gasteiger charge is 2.04. The minimum atomic E-state index is 0.632. The van der Waals surface area contributed by atoms with E-state index in [2.05, 4.69) is 28.7 Å². The van der Waals surface area contributed by atoms with Gasteiger partial charge in [0.25, 0.3) is 0 Å². The molecular formula is C15H20ClN3O. The molecule has 0 atom stereocenters. The molecule has 0 aliphatic rings. The fraction of sp³-hybridized carbons (Fsp3) is 0.400. The zero-order valence-corrected chi connectivity index (χ0v) is 12.7. The highest BCUT2D eigenvalue weighted by atomic mass is 35.5. The van der Waals surface area contributed by atoms with E-state index in [1.807, 2.05) is 30.7 Å². The zero-order valence-electron chi connectivity index (χ0n) is 11.9. The zero-order chi connectivity index (χ0) is 14.4. The van der Waals surface area contributed by atoms with E-state index in [9.17, 15) is 0 Å². The Labute approximate surface area is 124 Å². The minimum Gasteiger partial charge on any atom is -0.492 e. The predicted molar refractivity (Wildman–Crippen MR) is 82.5 cm³/mol. The second-order valence-electron chi connectivity index (χ2n) is 4.52. The third kappa shape index (κ3) is 3.67. The lowest BCUT2D eigenvalue weighted by molar-refractivity contribution is 0.317. The average Bonchev–Trinajstić information content (AvgIpc) is 2.91. The molecule has 0 saturated carbocycles. The molecule has 1 aromatic heterocycles. The predicted octanol–water partition coefficient (Wildman–Crippen LogP) is 3.96. The number of benzene rings is 1. The Morgan fingerprint density at radius 1 is 1.35 bits per heavy atom. The van der Waals surface area contributed by atoms with E-state index < -0.39 is 0 Å². The molecule has 0 radical (unpaired) electrons. The summed E-state index contributed by atoms with van der Waals surface area (Å²) in [4.78, 5) is 4.15. The number of aromatic nitrogens is 2. The van der Waals surface area contributed by atoms with E-state index in [1.165, 1.54) is 0 Å². The van der Waals surface area contributed by atoms with Gasteiger partial charge in [-0.15, -0.1) is 0 Å². The van der Waals surface area contributed by atoms with Gasteiger partial charge in [-0.05, 0) is 31.5 Å². The van der Waals surface area contributed by atoms with Gasteiger partial charge >= 0.3 is 0 Å². The van der Waals surface area contributed by atoms with Crippen LogP contribution >= 0.6 is 11.6 Å². The van der Waals surface area contributed by atoms with Crippen molar-refractivity contribution in [3.63, 3.8) is 0 Å². The molecule has 0 saturated heterocycles. The molecule has 2 aromatic rings. The standard InChI is InChI=1S/C15H20ClN3O/c1-3-7-20-15-6-5-12(8-14(15)16)18-10-13-9-17-11-19(13)4-2/h5-6,8-9,11,18H,3-4,7,10H2,1-2H3. The molecule has 0 spiro atoms. The van der Waals surface area contributed by atoms with Gasteiger partial charge in [0.15, 0.2) is 0 Å². The number of nitrogens with zero attached hydrogens (tertiary/aromatic N) is 2. The number of nitrogens with one attached hydrogen (secondary N) is 1. The highest BCUT2D eigenvalue weighted by Crippen LogP contribution is 2.28. The molecular weight excluding hydrogens is 274 g/mol. The molecule has 1 aromatic carbocycles. The maximum Gasteiger partial charge on any atom is 0.138 e. The van der Waals surface area contributed by atoms with Gasteiger partial charge in [0.05, 0.1) is 30.2 Å². The highest BCUT2D eigenvalue weighted by molar-refractivity contribution is 6.32. The average molecular weight is 294 g/mol. The monoisotopic (exact) mass is 293 g/mol. The van der Waals surface area contributed by atoms with Gasteiger partial charge in [-0.25, -0.2) is 4.98 Å². The number of aryl methyl sites for hydroxylation is 1. The first kappa shape index (κ1) is 14.7. The molecule has 0 amide bonds. The number of hydrogen-bond donors (Lipinski definition) is 1. The Morgan fingerprint density at radius 3 is 2.90 bits per heavy atom. The Hall–Kier alpha value is -1.68. The lowest BCUT2D eigenvalue weighted by Crippen LogP contribution is -2.06. The van der Waals surface area contributed by atoms with Crippen LogP contribution in [-0.4, -0.2) is 16.2 Å². The van der Waals surface area contributed by atoms with Crippen molar-refractivity contribution in [2.75, 3.05) is 11.9 Å². The van der Waals surface area contributed by atoms with Gasteiger partial charge in [-0.1, -0.05) is 18.5 Å². The summed E-state index contributed by atoms with van der Waals surface area (Å²) in [5.74, 6) is 0.734. The third-order valence-electron chi connectivity index (χ3n) is 3.01. The number of ether oxygens (including phenoxy) is 1. The Balaban J connectivity index is 1.98. The van der Waals surface area contributed by atoms with Crippen LogP contribution in [0.3, 0.4) is 0 Å². The van der Waals surface area contributed by atoms with Crippen molar-refractivity contribution in [1.29, 1.82) is 0 Å². The van der Waals surface area contributed by atoms with Crippen LogP contribution in [0.25, 0.3) is 0 Å². The lowest BCUT2D eigenvalue weighted by Gasteiger charge is -2.11. The van der Waals surface area contributed by atoms with Gasteiger partial charge in [-0.3, -0.25) is 0 Å². The van der Waals surface area contributed by atoms with Crippen LogP contribution in [0.2, 0.25) is 5.02 Å².